The molecule has 2 aromatic heterocycles. The zero-order chi connectivity index (χ0) is 13.1. The molecule has 0 aromatic carbocycles. The van der Waals surface area contributed by atoms with Gasteiger partial charge < -0.3 is 10.4 Å². The topological polar surface area (TPSA) is 121 Å². The number of aromatic carboxylic acids is 1. The fraction of sp³-hybridized carbons (Fsp3) is 0.100. The molecule has 0 unspecified atom stereocenters. The molecule has 8 heteroatoms. The summed E-state index contributed by atoms with van der Waals surface area (Å²) in [4.78, 5) is 30.1. The Morgan fingerprint density at radius 3 is 2.67 bits per heavy atom. The summed E-state index contributed by atoms with van der Waals surface area (Å²) >= 11 is 0. The third-order valence-corrected chi connectivity index (χ3v) is 2.06. The third kappa shape index (κ3) is 2.48. The van der Waals surface area contributed by atoms with Crippen LogP contribution in [0, 0.1) is 6.92 Å². The van der Waals surface area contributed by atoms with E-state index in [1.807, 2.05) is 0 Å². The lowest BCUT2D eigenvalue weighted by Crippen LogP contribution is -2.14. The number of carbonyl (C=O) groups is 2. The standard InChI is InChI=1S/C10H9N5O3/c1-5-3-12-7(4-11-5)9(16)13-8-2-6(10(17)18)14-15-8/h2-4H,1H3,(H,17,18)(H2,13,14,15,16). The van der Waals surface area contributed by atoms with Gasteiger partial charge >= 0.3 is 5.97 Å². The van der Waals surface area contributed by atoms with Gasteiger partial charge in [0.2, 0.25) is 0 Å². The summed E-state index contributed by atoms with van der Waals surface area (Å²) in [5.74, 6) is -1.55. The molecule has 92 valence electrons. The number of hydrogen-bond donors (Lipinski definition) is 3. The Morgan fingerprint density at radius 2 is 2.11 bits per heavy atom. The van der Waals surface area contributed by atoms with E-state index in [0.717, 1.165) is 0 Å². The number of anilines is 1. The first-order valence-corrected chi connectivity index (χ1v) is 4.95. The Hall–Kier alpha value is -2.77. The number of amides is 1. The fourth-order valence-electron chi connectivity index (χ4n) is 1.19. The molecule has 18 heavy (non-hydrogen) atoms. The average molecular weight is 247 g/mol. The number of carbonyl (C=O) groups excluding carboxylic acids is 1. The summed E-state index contributed by atoms with van der Waals surface area (Å²) in [7, 11) is 0. The molecule has 0 saturated heterocycles. The maximum atomic E-state index is 11.7. The Balaban J connectivity index is 2.11. The number of nitrogens with zero attached hydrogens (tertiary/aromatic N) is 3. The van der Waals surface area contributed by atoms with E-state index < -0.39 is 11.9 Å². The van der Waals surface area contributed by atoms with Crippen molar-refractivity contribution in [2.24, 2.45) is 0 Å². The number of rotatable bonds is 3. The van der Waals surface area contributed by atoms with Crippen LogP contribution in [0.2, 0.25) is 0 Å². The molecule has 0 aliphatic rings. The lowest BCUT2D eigenvalue weighted by molar-refractivity contribution is 0.0690. The van der Waals surface area contributed by atoms with E-state index in [1.165, 1.54) is 18.5 Å². The molecule has 8 nitrogen and oxygen atoms in total. The van der Waals surface area contributed by atoms with Crippen LogP contribution in [0.5, 0.6) is 0 Å². The highest BCUT2D eigenvalue weighted by atomic mass is 16.4. The van der Waals surface area contributed by atoms with E-state index in [0.29, 0.717) is 5.69 Å². The van der Waals surface area contributed by atoms with Gasteiger partial charge in [-0.1, -0.05) is 0 Å². The molecule has 2 rings (SSSR count). The number of aromatic nitrogens is 4. The third-order valence-electron chi connectivity index (χ3n) is 2.06. The quantitative estimate of drug-likeness (QED) is 0.724. The van der Waals surface area contributed by atoms with Crippen molar-refractivity contribution >= 4 is 17.7 Å². The summed E-state index contributed by atoms with van der Waals surface area (Å²) in [5.41, 5.74) is 0.709. The molecule has 0 spiro atoms. The van der Waals surface area contributed by atoms with Crippen molar-refractivity contribution in [2.75, 3.05) is 5.32 Å². The Bertz CT molecular complexity index is 590. The molecule has 1 amide bonds. The highest BCUT2D eigenvalue weighted by molar-refractivity contribution is 6.02. The second-order valence-electron chi connectivity index (χ2n) is 3.47. The number of nitrogens with one attached hydrogen (secondary N) is 2. The number of hydrogen-bond acceptors (Lipinski definition) is 5. The summed E-state index contributed by atoms with van der Waals surface area (Å²) < 4.78 is 0. The van der Waals surface area contributed by atoms with E-state index in [9.17, 15) is 9.59 Å². The summed E-state index contributed by atoms with van der Waals surface area (Å²) in [5, 5.41) is 17.0. The van der Waals surface area contributed by atoms with Crippen LogP contribution in [0.15, 0.2) is 18.5 Å². The molecule has 0 radical (unpaired) electrons. The zero-order valence-electron chi connectivity index (χ0n) is 9.34. The Labute approximate surface area is 101 Å². The van der Waals surface area contributed by atoms with Crippen molar-refractivity contribution in [2.45, 2.75) is 6.92 Å². The van der Waals surface area contributed by atoms with Gasteiger partial charge in [0.1, 0.15) is 11.4 Å². The summed E-state index contributed by atoms with van der Waals surface area (Å²) in [6.45, 7) is 1.75. The van der Waals surface area contributed by atoms with Crippen molar-refractivity contribution in [1.29, 1.82) is 0 Å². The molecule has 0 fully saturated rings. The van der Waals surface area contributed by atoms with Gasteiger partial charge in [0.05, 0.1) is 11.9 Å². The van der Waals surface area contributed by atoms with Gasteiger partial charge in [0.15, 0.2) is 5.82 Å². The van der Waals surface area contributed by atoms with Gasteiger partial charge in [-0.2, -0.15) is 5.10 Å². The molecule has 0 saturated carbocycles. The second-order valence-corrected chi connectivity index (χ2v) is 3.47. The maximum Gasteiger partial charge on any atom is 0.353 e. The number of carboxylic acid groups (broad SMARTS) is 1. The van der Waals surface area contributed by atoms with Crippen LogP contribution < -0.4 is 5.32 Å². The van der Waals surface area contributed by atoms with Gasteiger partial charge in [-0.25, -0.2) is 9.78 Å². The minimum Gasteiger partial charge on any atom is -0.477 e. The Kier molecular flexibility index (Phi) is 3.00. The molecule has 2 heterocycles. The summed E-state index contributed by atoms with van der Waals surface area (Å²) in [6, 6.07) is 1.21. The fourth-order valence-corrected chi connectivity index (χ4v) is 1.19. The van der Waals surface area contributed by atoms with Crippen LogP contribution in [-0.2, 0) is 0 Å². The smallest absolute Gasteiger partial charge is 0.353 e. The lowest BCUT2D eigenvalue weighted by atomic mass is 10.4. The highest BCUT2D eigenvalue weighted by Gasteiger charge is 2.12. The predicted octanol–water partition coefficient (Wildman–Crippen LogP) is 0.459. The maximum absolute atomic E-state index is 11.7. The Morgan fingerprint density at radius 1 is 1.33 bits per heavy atom. The first-order chi connectivity index (χ1) is 8.56. The van der Waals surface area contributed by atoms with E-state index in [-0.39, 0.29) is 17.2 Å². The number of carboxylic acids is 1. The van der Waals surface area contributed by atoms with Crippen LogP contribution in [-0.4, -0.2) is 37.1 Å². The van der Waals surface area contributed by atoms with Crippen LogP contribution in [0.25, 0.3) is 0 Å². The molecule has 3 N–H and O–H groups in total. The molecular formula is C10H9N5O3. The van der Waals surface area contributed by atoms with E-state index in [1.54, 1.807) is 6.92 Å². The van der Waals surface area contributed by atoms with Crippen LogP contribution in [0.4, 0.5) is 5.82 Å². The first-order valence-electron chi connectivity index (χ1n) is 4.95. The minimum atomic E-state index is -1.15. The predicted molar refractivity (Wildman–Crippen MR) is 60.3 cm³/mol. The molecule has 0 bridgehead atoms. The monoisotopic (exact) mass is 247 g/mol. The minimum absolute atomic E-state index is 0.111. The normalized spacial score (nSPS) is 10.1. The number of aromatic amines is 1. The van der Waals surface area contributed by atoms with Crippen molar-refractivity contribution in [3.05, 3.63) is 35.5 Å². The number of H-pyrrole nitrogens is 1. The van der Waals surface area contributed by atoms with Gasteiger partial charge in [0.25, 0.3) is 5.91 Å². The largest absolute Gasteiger partial charge is 0.477 e. The average Bonchev–Trinajstić information content (AvgIpc) is 2.78. The van der Waals surface area contributed by atoms with Gasteiger partial charge in [0, 0.05) is 12.3 Å². The zero-order valence-corrected chi connectivity index (χ0v) is 9.34. The van der Waals surface area contributed by atoms with Gasteiger partial charge in [-0.3, -0.25) is 14.9 Å². The second kappa shape index (κ2) is 4.62. The molecule has 2 aromatic rings. The van der Waals surface area contributed by atoms with E-state index in [4.69, 9.17) is 5.11 Å². The van der Waals surface area contributed by atoms with Crippen molar-refractivity contribution < 1.29 is 14.7 Å². The van der Waals surface area contributed by atoms with Crippen molar-refractivity contribution in [1.82, 2.24) is 20.2 Å². The van der Waals surface area contributed by atoms with Crippen LogP contribution in [0.1, 0.15) is 26.7 Å². The van der Waals surface area contributed by atoms with Gasteiger partial charge in [-0.05, 0) is 6.92 Å². The van der Waals surface area contributed by atoms with Crippen LogP contribution >= 0.6 is 0 Å². The number of aryl methyl sites for hydroxylation is 1. The first kappa shape index (κ1) is 11.7. The molecular weight excluding hydrogens is 238 g/mol. The van der Waals surface area contributed by atoms with Crippen LogP contribution in [0.3, 0.4) is 0 Å². The molecule has 0 aliphatic heterocycles. The molecule has 0 atom stereocenters. The molecule has 0 aliphatic carbocycles. The van der Waals surface area contributed by atoms with E-state index >= 15 is 0 Å². The summed E-state index contributed by atoms with van der Waals surface area (Å²) in [6.07, 6.45) is 2.79. The van der Waals surface area contributed by atoms with Gasteiger partial charge in [-0.15, -0.1) is 0 Å². The van der Waals surface area contributed by atoms with E-state index in [2.05, 4.69) is 25.5 Å². The lowest BCUT2D eigenvalue weighted by Gasteiger charge is -2.00. The highest BCUT2D eigenvalue weighted by Crippen LogP contribution is 2.06. The van der Waals surface area contributed by atoms with Crippen molar-refractivity contribution in [3.8, 4) is 0 Å². The van der Waals surface area contributed by atoms with Crippen molar-refractivity contribution in [3.63, 3.8) is 0 Å². The SMILES string of the molecule is Cc1cnc(C(=O)Nc2cc(C(=O)O)[nH]n2)cn1.